The molecule has 0 saturated carbocycles. The summed E-state index contributed by atoms with van der Waals surface area (Å²) in [4.78, 5) is 21.1. The fourth-order valence-corrected chi connectivity index (χ4v) is 0.609. The molecule has 4 nitrogen and oxygen atoms in total. The second-order valence-corrected chi connectivity index (χ2v) is 1.75. The second kappa shape index (κ2) is 2.34. The molecule has 0 aromatic carbocycles. The predicted octanol–water partition coefficient (Wildman–Crippen LogP) is -0.225. The molecule has 0 spiro atoms. The molecule has 0 aliphatic carbocycles. The number of nitrogens with zero attached hydrogens (tertiary/aromatic N) is 1. The average molecular weight is 138 g/mol. The van der Waals surface area contributed by atoms with Crippen molar-refractivity contribution in [3.05, 3.63) is 34.7 Å². The van der Waals surface area contributed by atoms with Crippen LogP contribution in [0.1, 0.15) is 0 Å². The first-order chi connectivity index (χ1) is 4.72. The molecule has 1 rings (SSSR count). The standard InChI is InChI=1S/C6H6N2O2/c7-6(10)8-4-2-1-3-5(8)9/h1-4H,(H2,7,10). The number of nitrogens with two attached hydrogens (primary N) is 1. The summed E-state index contributed by atoms with van der Waals surface area (Å²) in [5.74, 6) is 0. The van der Waals surface area contributed by atoms with E-state index in [1.54, 1.807) is 12.1 Å². The molecule has 1 amide bonds. The highest BCUT2D eigenvalue weighted by atomic mass is 16.2. The lowest BCUT2D eigenvalue weighted by Gasteiger charge is -1.94. The molecular formula is C6H6N2O2. The predicted molar refractivity (Wildman–Crippen MR) is 35.7 cm³/mol. The number of rotatable bonds is 0. The molecule has 0 atom stereocenters. The minimum atomic E-state index is -0.759. The van der Waals surface area contributed by atoms with Crippen molar-refractivity contribution < 1.29 is 4.79 Å². The SMILES string of the molecule is NC(=O)n1ccccc1=O. The zero-order chi connectivity index (χ0) is 7.56. The highest BCUT2D eigenvalue weighted by molar-refractivity contribution is 5.74. The second-order valence-electron chi connectivity index (χ2n) is 1.75. The molecule has 0 fully saturated rings. The van der Waals surface area contributed by atoms with Gasteiger partial charge in [-0.2, -0.15) is 0 Å². The van der Waals surface area contributed by atoms with Crippen LogP contribution in [0.4, 0.5) is 4.79 Å². The van der Waals surface area contributed by atoms with Gasteiger partial charge in [0.15, 0.2) is 0 Å². The molecule has 10 heavy (non-hydrogen) atoms. The first-order valence-corrected chi connectivity index (χ1v) is 2.69. The van der Waals surface area contributed by atoms with Crippen LogP contribution in [-0.4, -0.2) is 10.6 Å². The molecular weight excluding hydrogens is 132 g/mol. The highest BCUT2D eigenvalue weighted by Crippen LogP contribution is 1.77. The maximum Gasteiger partial charge on any atom is 0.325 e. The number of primary amides is 1. The third-order valence-electron chi connectivity index (χ3n) is 1.06. The van der Waals surface area contributed by atoms with Gasteiger partial charge in [0.2, 0.25) is 0 Å². The molecule has 1 heterocycles. The minimum absolute atomic E-state index is 0.407. The van der Waals surface area contributed by atoms with Crippen LogP contribution in [0.25, 0.3) is 0 Å². The molecule has 0 radical (unpaired) electrons. The van der Waals surface area contributed by atoms with E-state index in [1.165, 1.54) is 12.3 Å². The van der Waals surface area contributed by atoms with Gasteiger partial charge in [-0.1, -0.05) is 6.07 Å². The largest absolute Gasteiger partial charge is 0.351 e. The van der Waals surface area contributed by atoms with Gasteiger partial charge in [0.25, 0.3) is 5.56 Å². The summed E-state index contributed by atoms with van der Waals surface area (Å²) >= 11 is 0. The van der Waals surface area contributed by atoms with Gasteiger partial charge in [0.05, 0.1) is 0 Å². The van der Waals surface area contributed by atoms with Crippen molar-refractivity contribution in [2.75, 3.05) is 0 Å². The summed E-state index contributed by atoms with van der Waals surface area (Å²) in [7, 11) is 0. The molecule has 1 aromatic heterocycles. The summed E-state index contributed by atoms with van der Waals surface area (Å²) in [5, 5.41) is 0. The first-order valence-electron chi connectivity index (χ1n) is 2.69. The van der Waals surface area contributed by atoms with Crippen LogP contribution in [0.5, 0.6) is 0 Å². The van der Waals surface area contributed by atoms with Crippen molar-refractivity contribution in [3.63, 3.8) is 0 Å². The van der Waals surface area contributed by atoms with Crippen molar-refractivity contribution in [3.8, 4) is 0 Å². The van der Waals surface area contributed by atoms with Gasteiger partial charge < -0.3 is 5.73 Å². The smallest absolute Gasteiger partial charge is 0.325 e. The van der Waals surface area contributed by atoms with Crippen LogP contribution in [0.15, 0.2) is 29.2 Å². The Hall–Kier alpha value is -1.58. The number of amides is 1. The monoisotopic (exact) mass is 138 g/mol. The van der Waals surface area contributed by atoms with E-state index in [4.69, 9.17) is 5.73 Å². The van der Waals surface area contributed by atoms with Gasteiger partial charge >= 0.3 is 6.03 Å². The molecule has 0 unspecified atom stereocenters. The molecule has 0 aliphatic heterocycles. The maximum atomic E-state index is 10.7. The lowest BCUT2D eigenvalue weighted by molar-refractivity contribution is 0.249. The van der Waals surface area contributed by atoms with E-state index in [9.17, 15) is 9.59 Å². The van der Waals surface area contributed by atoms with Crippen molar-refractivity contribution in [2.45, 2.75) is 0 Å². The lowest BCUT2D eigenvalue weighted by Crippen LogP contribution is -2.30. The van der Waals surface area contributed by atoms with Crippen molar-refractivity contribution in [2.24, 2.45) is 5.73 Å². The van der Waals surface area contributed by atoms with Crippen molar-refractivity contribution >= 4 is 6.03 Å². The fraction of sp³-hybridized carbons (Fsp3) is 0. The van der Waals surface area contributed by atoms with Gasteiger partial charge in [-0.05, 0) is 6.07 Å². The topological polar surface area (TPSA) is 65.1 Å². The van der Waals surface area contributed by atoms with E-state index in [1.807, 2.05) is 0 Å². The molecule has 2 N–H and O–H groups in total. The van der Waals surface area contributed by atoms with Crippen molar-refractivity contribution in [1.82, 2.24) is 4.57 Å². The minimum Gasteiger partial charge on any atom is -0.351 e. The Kier molecular flexibility index (Phi) is 1.53. The zero-order valence-electron chi connectivity index (χ0n) is 5.15. The molecule has 0 bridgehead atoms. The van der Waals surface area contributed by atoms with Crippen LogP contribution >= 0.6 is 0 Å². The highest BCUT2D eigenvalue weighted by Gasteiger charge is 1.96. The fourth-order valence-electron chi connectivity index (χ4n) is 0.609. The number of aromatic nitrogens is 1. The Bertz CT molecular complexity index is 303. The van der Waals surface area contributed by atoms with E-state index in [0.29, 0.717) is 0 Å². The molecule has 4 heteroatoms. The van der Waals surface area contributed by atoms with E-state index in [-0.39, 0.29) is 0 Å². The van der Waals surface area contributed by atoms with Gasteiger partial charge in [-0.25, -0.2) is 9.36 Å². The number of carbonyl (C=O) groups excluding carboxylic acids is 1. The Morgan fingerprint density at radius 2 is 2.20 bits per heavy atom. The van der Waals surface area contributed by atoms with Crippen LogP contribution in [0.3, 0.4) is 0 Å². The Morgan fingerprint density at radius 1 is 1.50 bits per heavy atom. The normalized spacial score (nSPS) is 9.20. The summed E-state index contributed by atoms with van der Waals surface area (Å²) in [6.07, 6.45) is 1.32. The first kappa shape index (κ1) is 6.54. The van der Waals surface area contributed by atoms with Gasteiger partial charge in [0.1, 0.15) is 0 Å². The maximum absolute atomic E-state index is 10.7. The van der Waals surface area contributed by atoms with Crippen LogP contribution in [-0.2, 0) is 0 Å². The third kappa shape index (κ3) is 1.05. The van der Waals surface area contributed by atoms with E-state index in [0.717, 1.165) is 4.57 Å². The number of pyridine rings is 1. The van der Waals surface area contributed by atoms with Crippen LogP contribution in [0, 0.1) is 0 Å². The molecule has 0 aliphatic rings. The van der Waals surface area contributed by atoms with Crippen molar-refractivity contribution in [1.29, 1.82) is 0 Å². The van der Waals surface area contributed by atoms with Gasteiger partial charge in [-0.15, -0.1) is 0 Å². The van der Waals surface area contributed by atoms with E-state index >= 15 is 0 Å². The summed E-state index contributed by atoms with van der Waals surface area (Å²) in [6, 6.07) is 3.62. The zero-order valence-corrected chi connectivity index (χ0v) is 5.15. The molecule has 1 aromatic rings. The average Bonchev–Trinajstić information content (AvgIpc) is 1.88. The van der Waals surface area contributed by atoms with Crippen LogP contribution < -0.4 is 11.3 Å². The Labute approximate surface area is 56.9 Å². The quantitative estimate of drug-likeness (QED) is 0.538. The third-order valence-corrected chi connectivity index (χ3v) is 1.06. The molecule has 0 saturated heterocycles. The summed E-state index contributed by atoms with van der Waals surface area (Å²) in [5.41, 5.74) is 4.43. The number of carbonyl (C=O) groups is 1. The summed E-state index contributed by atoms with van der Waals surface area (Å²) in [6.45, 7) is 0. The van der Waals surface area contributed by atoms with Gasteiger partial charge in [-0.3, -0.25) is 4.79 Å². The Morgan fingerprint density at radius 3 is 2.60 bits per heavy atom. The molecule has 52 valence electrons. The van der Waals surface area contributed by atoms with E-state index in [2.05, 4.69) is 0 Å². The van der Waals surface area contributed by atoms with Crippen LogP contribution in [0.2, 0.25) is 0 Å². The lowest BCUT2D eigenvalue weighted by atomic mass is 10.5. The van der Waals surface area contributed by atoms with Gasteiger partial charge in [0, 0.05) is 12.3 Å². The number of hydrogen-bond donors (Lipinski definition) is 1. The Balaban J connectivity index is 3.29. The number of hydrogen-bond acceptors (Lipinski definition) is 2. The summed E-state index contributed by atoms with van der Waals surface area (Å²) < 4.78 is 0.833. The van der Waals surface area contributed by atoms with E-state index < -0.39 is 11.6 Å².